The first kappa shape index (κ1) is 22.4. The Morgan fingerprint density at radius 3 is 2.46 bits per heavy atom. The lowest BCUT2D eigenvalue weighted by Crippen LogP contribution is -2.36. The minimum Gasteiger partial charge on any atom is -0.352 e. The molecule has 0 atom stereocenters. The third-order valence-corrected chi connectivity index (χ3v) is 4.91. The first-order chi connectivity index (χ1) is 11.7. The van der Waals surface area contributed by atoms with Crippen molar-refractivity contribution >= 4 is 40.0 Å². The van der Waals surface area contributed by atoms with Crippen LogP contribution in [-0.2, 0) is 30.2 Å². The van der Waals surface area contributed by atoms with Crippen LogP contribution >= 0.6 is 24.0 Å². The van der Waals surface area contributed by atoms with Gasteiger partial charge in [0.2, 0.25) is 10.0 Å². The van der Waals surface area contributed by atoms with Gasteiger partial charge in [0.05, 0.1) is 10.6 Å². The molecule has 0 amide bonds. The van der Waals surface area contributed by atoms with E-state index < -0.39 is 10.0 Å². The Bertz CT molecular complexity index is 892. The van der Waals surface area contributed by atoms with Crippen molar-refractivity contribution < 1.29 is 8.42 Å². The average molecular weight is 492 g/mol. The van der Waals surface area contributed by atoms with E-state index in [0.717, 1.165) is 22.5 Å². The number of sulfonamides is 1. The number of aryl methyl sites for hydroxylation is 2. The van der Waals surface area contributed by atoms with Gasteiger partial charge in [0, 0.05) is 38.4 Å². The van der Waals surface area contributed by atoms with E-state index >= 15 is 0 Å². The van der Waals surface area contributed by atoms with Crippen molar-refractivity contribution in [3.05, 3.63) is 46.8 Å². The van der Waals surface area contributed by atoms with Crippen molar-refractivity contribution in [1.29, 1.82) is 0 Å². The number of guanidine groups is 1. The van der Waals surface area contributed by atoms with E-state index in [9.17, 15) is 8.42 Å². The number of aliphatic imine (C=N–C) groups is 1. The molecule has 0 unspecified atom stereocenters. The highest BCUT2D eigenvalue weighted by Crippen LogP contribution is 2.11. The summed E-state index contributed by atoms with van der Waals surface area (Å²) in [6, 6.07) is 6.50. The van der Waals surface area contributed by atoms with E-state index in [2.05, 4.69) is 20.7 Å². The Morgan fingerprint density at radius 2 is 1.92 bits per heavy atom. The van der Waals surface area contributed by atoms with Crippen LogP contribution < -0.4 is 15.8 Å². The van der Waals surface area contributed by atoms with Crippen LogP contribution in [0.5, 0.6) is 0 Å². The van der Waals surface area contributed by atoms with Crippen LogP contribution in [-0.4, -0.2) is 31.2 Å². The second-order valence-corrected chi connectivity index (χ2v) is 7.31. The standard InChI is InChI=1S/C16H24N6O2S.HI/c1-11-15(12(2)22(4)21-11)10-20-16(18-3)19-9-13-6-5-7-14(8-13)25(17,23)24;/h5-8H,9-10H2,1-4H3,(H2,17,23,24)(H2,18,19,20);1H. The largest absolute Gasteiger partial charge is 0.352 e. The number of hydrogen-bond acceptors (Lipinski definition) is 4. The SMILES string of the molecule is CN=C(NCc1cccc(S(N)(=O)=O)c1)NCc1c(C)nn(C)c1C.I. The van der Waals surface area contributed by atoms with Gasteiger partial charge in [0.15, 0.2) is 5.96 Å². The maximum atomic E-state index is 11.4. The van der Waals surface area contributed by atoms with Crippen molar-refractivity contribution in [2.24, 2.45) is 17.2 Å². The lowest BCUT2D eigenvalue weighted by molar-refractivity contribution is 0.597. The normalized spacial score (nSPS) is 11.8. The maximum Gasteiger partial charge on any atom is 0.238 e. The van der Waals surface area contributed by atoms with Gasteiger partial charge in [-0.15, -0.1) is 24.0 Å². The lowest BCUT2D eigenvalue weighted by atomic mass is 10.2. The van der Waals surface area contributed by atoms with Gasteiger partial charge in [-0.1, -0.05) is 12.1 Å². The Labute approximate surface area is 171 Å². The number of halogens is 1. The minimum atomic E-state index is -3.71. The predicted molar refractivity (Wildman–Crippen MR) is 113 cm³/mol. The quantitative estimate of drug-likeness (QED) is 0.330. The predicted octanol–water partition coefficient (Wildman–Crippen LogP) is 1.17. The summed E-state index contributed by atoms with van der Waals surface area (Å²) in [7, 11) is -0.112. The van der Waals surface area contributed by atoms with Crippen molar-refractivity contribution in [1.82, 2.24) is 20.4 Å². The highest BCUT2D eigenvalue weighted by Gasteiger charge is 2.10. The number of nitrogens with zero attached hydrogens (tertiary/aromatic N) is 3. The number of aromatic nitrogens is 2. The Morgan fingerprint density at radius 1 is 1.27 bits per heavy atom. The first-order valence-electron chi connectivity index (χ1n) is 7.77. The van der Waals surface area contributed by atoms with Crippen LogP contribution in [0.15, 0.2) is 34.2 Å². The fourth-order valence-corrected chi connectivity index (χ4v) is 3.07. The van der Waals surface area contributed by atoms with Crippen molar-refractivity contribution in [3.63, 3.8) is 0 Å². The molecular formula is C16H25IN6O2S. The summed E-state index contributed by atoms with van der Waals surface area (Å²) >= 11 is 0. The topological polar surface area (TPSA) is 114 Å². The van der Waals surface area contributed by atoms with Gasteiger partial charge >= 0.3 is 0 Å². The summed E-state index contributed by atoms with van der Waals surface area (Å²) in [4.78, 5) is 4.27. The summed E-state index contributed by atoms with van der Waals surface area (Å²) in [5, 5.41) is 15.9. The Hall–Kier alpha value is -1.66. The minimum absolute atomic E-state index is 0. The van der Waals surface area contributed by atoms with E-state index in [4.69, 9.17) is 5.14 Å². The van der Waals surface area contributed by atoms with Gasteiger partial charge in [-0.3, -0.25) is 9.67 Å². The molecule has 1 heterocycles. The summed E-state index contributed by atoms with van der Waals surface area (Å²) in [5.41, 5.74) is 4.00. The summed E-state index contributed by atoms with van der Waals surface area (Å²) in [5.74, 6) is 0.615. The van der Waals surface area contributed by atoms with Crippen LogP contribution in [0.2, 0.25) is 0 Å². The number of benzene rings is 1. The number of nitrogens with two attached hydrogens (primary N) is 1. The summed E-state index contributed by atoms with van der Waals surface area (Å²) in [6.45, 7) is 5.02. The van der Waals surface area contributed by atoms with Crippen molar-refractivity contribution in [2.45, 2.75) is 31.8 Å². The number of nitrogens with one attached hydrogen (secondary N) is 2. The number of hydrogen-bond donors (Lipinski definition) is 3. The average Bonchev–Trinajstić information content (AvgIpc) is 2.80. The highest BCUT2D eigenvalue weighted by molar-refractivity contribution is 14.0. The molecule has 0 saturated carbocycles. The molecule has 4 N–H and O–H groups in total. The molecule has 0 aliphatic carbocycles. The third kappa shape index (κ3) is 5.68. The molecule has 1 aromatic heterocycles. The molecule has 1 aromatic carbocycles. The zero-order chi connectivity index (χ0) is 18.6. The van der Waals surface area contributed by atoms with E-state index in [1.54, 1.807) is 19.2 Å². The number of rotatable bonds is 5. The molecule has 8 nitrogen and oxygen atoms in total. The van der Waals surface area contributed by atoms with Crippen LogP contribution in [0.4, 0.5) is 0 Å². The van der Waals surface area contributed by atoms with Gasteiger partial charge in [-0.05, 0) is 31.5 Å². The monoisotopic (exact) mass is 492 g/mol. The maximum absolute atomic E-state index is 11.4. The molecule has 26 heavy (non-hydrogen) atoms. The summed E-state index contributed by atoms with van der Waals surface area (Å²) in [6.07, 6.45) is 0. The Kier molecular flexibility index (Phi) is 8.03. The molecule has 2 rings (SSSR count). The van der Waals surface area contributed by atoms with Crippen molar-refractivity contribution in [3.8, 4) is 0 Å². The van der Waals surface area contributed by atoms with Gasteiger partial charge in [0.25, 0.3) is 0 Å². The molecular weight excluding hydrogens is 467 g/mol. The smallest absolute Gasteiger partial charge is 0.238 e. The molecule has 0 spiro atoms. The second-order valence-electron chi connectivity index (χ2n) is 5.74. The molecule has 0 aliphatic heterocycles. The fraction of sp³-hybridized carbons (Fsp3) is 0.375. The number of primary sulfonamides is 1. The van der Waals surface area contributed by atoms with E-state index in [1.807, 2.05) is 31.6 Å². The van der Waals surface area contributed by atoms with Gasteiger partial charge in [-0.25, -0.2) is 13.6 Å². The molecule has 0 radical (unpaired) electrons. The third-order valence-electron chi connectivity index (χ3n) is 4.00. The van der Waals surface area contributed by atoms with Crippen LogP contribution in [0.1, 0.15) is 22.5 Å². The molecule has 10 heteroatoms. The lowest BCUT2D eigenvalue weighted by Gasteiger charge is -2.12. The van der Waals surface area contributed by atoms with Crippen molar-refractivity contribution in [2.75, 3.05) is 7.05 Å². The van der Waals surface area contributed by atoms with Gasteiger partial charge in [-0.2, -0.15) is 5.10 Å². The summed E-state index contributed by atoms with van der Waals surface area (Å²) < 4.78 is 24.7. The molecule has 0 saturated heterocycles. The Balaban J connectivity index is 0.00000338. The van der Waals surface area contributed by atoms with Crippen LogP contribution in [0.25, 0.3) is 0 Å². The van der Waals surface area contributed by atoms with E-state index in [0.29, 0.717) is 19.0 Å². The van der Waals surface area contributed by atoms with Crippen LogP contribution in [0.3, 0.4) is 0 Å². The first-order valence-corrected chi connectivity index (χ1v) is 9.32. The molecule has 0 bridgehead atoms. The van der Waals surface area contributed by atoms with Gasteiger partial charge < -0.3 is 10.6 Å². The second kappa shape index (κ2) is 9.33. The molecule has 144 valence electrons. The van der Waals surface area contributed by atoms with Crippen LogP contribution in [0, 0.1) is 13.8 Å². The zero-order valence-corrected chi connectivity index (χ0v) is 18.4. The zero-order valence-electron chi connectivity index (χ0n) is 15.3. The molecule has 0 fully saturated rings. The van der Waals surface area contributed by atoms with E-state index in [1.165, 1.54) is 6.07 Å². The molecule has 2 aromatic rings. The molecule has 0 aliphatic rings. The highest BCUT2D eigenvalue weighted by atomic mass is 127. The fourth-order valence-electron chi connectivity index (χ4n) is 2.48. The van der Waals surface area contributed by atoms with E-state index in [-0.39, 0.29) is 28.9 Å². The van der Waals surface area contributed by atoms with Gasteiger partial charge in [0.1, 0.15) is 0 Å².